The van der Waals surface area contributed by atoms with Gasteiger partial charge in [0.2, 0.25) is 11.8 Å². The Bertz CT molecular complexity index is 842. The molecule has 32 heavy (non-hydrogen) atoms. The maximum Gasteiger partial charge on any atom is 0.243 e. The quantitative estimate of drug-likeness (QED) is 0.399. The van der Waals surface area contributed by atoms with Gasteiger partial charge in [0.15, 0.2) is 0 Å². The largest absolute Gasteiger partial charge is 0.457 e. The van der Waals surface area contributed by atoms with Crippen LogP contribution < -0.4 is 15.4 Å². The standard InChI is InChI=1S/C24H31N3O4S/c1-19(28)26-23(24(29)25-12-5-13-27-14-16-30-17-15-27)18-32-22-10-8-21(9-11-22)31-20-6-3-2-4-7-20/h2-4,6-11,23H,5,12-18H2,1H3,(H,25,29)(H,26,28). The van der Waals surface area contributed by atoms with Crippen molar-refractivity contribution in [2.45, 2.75) is 24.3 Å². The molecule has 2 N–H and O–H groups in total. The van der Waals surface area contributed by atoms with Gasteiger partial charge in [-0.15, -0.1) is 11.8 Å². The Balaban J connectivity index is 1.43. The minimum Gasteiger partial charge on any atom is -0.457 e. The van der Waals surface area contributed by atoms with E-state index >= 15 is 0 Å². The van der Waals surface area contributed by atoms with Gasteiger partial charge in [0.1, 0.15) is 17.5 Å². The van der Waals surface area contributed by atoms with Crippen LogP contribution in [0.5, 0.6) is 11.5 Å². The molecule has 0 aliphatic carbocycles. The van der Waals surface area contributed by atoms with E-state index in [4.69, 9.17) is 9.47 Å². The fraction of sp³-hybridized carbons (Fsp3) is 0.417. The minimum atomic E-state index is -0.582. The van der Waals surface area contributed by atoms with Gasteiger partial charge in [0.05, 0.1) is 13.2 Å². The minimum absolute atomic E-state index is 0.154. The van der Waals surface area contributed by atoms with E-state index in [2.05, 4.69) is 15.5 Å². The second-order valence-corrected chi connectivity index (χ2v) is 8.64. The van der Waals surface area contributed by atoms with Gasteiger partial charge < -0.3 is 20.1 Å². The van der Waals surface area contributed by atoms with Crippen molar-refractivity contribution in [2.75, 3.05) is 45.1 Å². The first-order valence-electron chi connectivity index (χ1n) is 10.9. The number of nitrogens with zero attached hydrogens (tertiary/aromatic N) is 1. The van der Waals surface area contributed by atoms with Gasteiger partial charge in [-0.05, 0) is 49.4 Å². The number of carbonyl (C=O) groups is 2. The van der Waals surface area contributed by atoms with Crippen molar-refractivity contribution in [1.82, 2.24) is 15.5 Å². The van der Waals surface area contributed by atoms with Crippen LogP contribution in [0.15, 0.2) is 59.5 Å². The number of carbonyl (C=O) groups excluding carboxylic acids is 2. The molecule has 3 rings (SSSR count). The van der Waals surface area contributed by atoms with Crippen LogP contribution in [0.2, 0.25) is 0 Å². The first-order chi connectivity index (χ1) is 15.6. The highest BCUT2D eigenvalue weighted by Crippen LogP contribution is 2.25. The van der Waals surface area contributed by atoms with E-state index < -0.39 is 6.04 Å². The number of ether oxygens (including phenoxy) is 2. The van der Waals surface area contributed by atoms with E-state index in [0.29, 0.717) is 12.3 Å². The molecular formula is C24H31N3O4S. The normalized spacial score (nSPS) is 15.0. The van der Waals surface area contributed by atoms with Crippen molar-refractivity contribution < 1.29 is 19.1 Å². The maximum absolute atomic E-state index is 12.6. The van der Waals surface area contributed by atoms with Crippen LogP contribution in [-0.4, -0.2) is 67.9 Å². The van der Waals surface area contributed by atoms with Crippen molar-refractivity contribution in [3.05, 3.63) is 54.6 Å². The molecule has 8 heteroatoms. The summed E-state index contributed by atoms with van der Waals surface area (Å²) in [5.41, 5.74) is 0. The topological polar surface area (TPSA) is 79.9 Å². The lowest BCUT2D eigenvalue weighted by molar-refractivity contribution is -0.127. The monoisotopic (exact) mass is 457 g/mol. The molecule has 0 spiro atoms. The van der Waals surface area contributed by atoms with Gasteiger partial charge in [-0.25, -0.2) is 0 Å². The average Bonchev–Trinajstić information content (AvgIpc) is 2.81. The third kappa shape index (κ3) is 8.53. The summed E-state index contributed by atoms with van der Waals surface area (Å²) < 4.78 is 11.2. The van der Waals surface area contributed by atoms with Gasteiger partial charge in [0.25, 0.3) is 0 Å². The van der Waals surface area contributed by atoms with Crippen LogP contribution in [0.25, 0.3) is 0 Å². The number of hydrogen-bond donors (Lipinski definition) is 2. The van der Waals surface area contributed by atoms with E-state index in [1.165, 1.54) is 18.7 Å². The molecule has 1 fully saturated rings. The average molecular weight is 458 g/mol. The third-order valence-corrected chi connectivity index (χ3v) is 6.07. The number of amides is 2. The highest BCUT2D eigenvalue weighted by atomic mass is 32.2. The van der Waals surface area contributed by atoms with Crippen LogP contribution in [-0.2, 0) is 14.3 Å². The fourth-order valence-corrected chi connectivity index (χ4v) is 4.22. The van der Waals surface area contributed by atoms with Crippen molar-refractivity contribution in [3.8, 4) is 11.5 Å². The maximum atomic E-state index is 12.6. The summed E-state index contributed by atoms with van der Waals surface area (Å²) in [6.45, 7) is 6.37. The molecule has 2 amide bonds. The molecule has 2 aromatic rings. The van der Waals surface area contributed by atoms with Crippen molar-refractivity contribution >= 4 is 23.6 Å². The summed E-state index contributed by atoms with van der Waals surface area (Å²) in [5.74, 6) is 1.61. The van der Waals surface area contributed by atoms with E-state index in [0.717, 1.165) is 55.7 Å². The number of benzene rings is 2. The molecule has 2 aromatic carbocycles. The molecule has 0 saturated carbocycles. The highest BCUT2D eigenvalue weighted by molar-refractivity contribution is 7.99. The number of nitrogens with one attached hydrogen (secondary N) is 2. The van der Waals surface area contributed by atoms with Crippen molar-refractivity contribution in [1.29, 1.82) is 0 Å². The zero-order chi connectivity index (χ0) is 22.6. The SMILES string of the molecule is CC(=O)NC(CSc1ccc(Oc2ccccc2)cc1)C(=O)NCCCN1CCOCC1. The van der Waals surface area contributed by atoms with E-state index in [-0.39, 0.29) is 11.8 Å². The molecule has 172 valence electrons. The molecule has 1 saturated heterocycles. The van der Waals surface area contributed by atoms with E-state index in [9.17, 15) is 9.59 Å². The van der Waals surface area contributed by atoms with E-state index in [1.807, 2.05) is 54.6 Å². The molecular weight excluding hydrogens is 426 g/mol. The summed E-state index contributed by atoms with van der Waals surface area (Å²) >= 11 is 1.52. The summed E-state index contributed by atoms with van der Waals surface area (Å²) in [4.78, 5) is 27.5. The predicted molar refractivity (Wildman–Crippen MR) is 126 cm³/mol. The summed E-state index contributed by atoms with van der Waals surface area (Å²) in [7, 11) is 0. The third-order valence-electron chi connectivity index (χ3n) is 4.97. The van der Waals surface area contributed by atoms with E-state index in [1.54, 1.807) is 0 Å². The number of morpholine rings is 1. The number of hydrogen-bond acceptors (Lipinski definition) is 6. The lowest BCUT2D eigenvalue weighted by atomic mass is 10.3. The van der Waals surface area contributed by atoms with Gasteiger partial charge in [-0.1, -0.05) is 18.2 Å². The molecule has 1 unspecified atom stereocenters. The Labute approximate surface area is 193 Å². The molecule has 0 aromatic heterocycles. The zero-order valence-electron chi connectivity index (χ0n) is 18.4. The smallest absolute Gasteiger partial charge is 0.243 e. The number of thioether (sulfide) groups is 1. The summed E-state index contributed by atoms with van der Waals surface area (Å²) in [5, 5.41) is 5.72. The number of para-hydroxylation sites is 1. The van der Waals surface area contributed by atoms with Crippen LogP contribution in [0, 0.1) is 0 Å². The van der Waals surface area contributed by atoms with Gasteiger partial charge in [0, 0.05) is 37.2 Å². The van der Waals surface area contributed by atoms with Gasteiger partial charge in [-0.3, -0.25) is 14.5 Å². The lowest BCUT2D eigenvalue weighted by Crippen LogP contribution is -2.48. The van der Waals surface area contributed by atoms with Crippen LogP contribution >= 0.6 is 11.8 Å². The first kappa shape index (κ1) is 24.1. The van der Waals surface area contributed by atoms with Gasteiger partial charge in [-0.2, -0.15) is 0 Å². The molecule has 1 aliphatic heterocycles. The molecule has 7 nitrogen and oxygen atoms in total. The van der Waals surface area contributed by atoms with Crippen LogP contribution in [0.4, 0.5) is 0 Å². The number of rotatable bonds is 11. The Morgan fingerprint density at radius 3 is 2.44 bits per heavy atom. The second-order valence-electron chi connectivity index (χ2n) is 7.55. The molecule has 1 atom stereocenters. The lowest BCUT2D eigenvalue weighted by Gasteiger charge is -2.26. The molecule has 1 heterocycles. The Morgan fingerprint density at radius 1 is 1.06 bits per heavy atom. The first-order valence-corrected chi connectivity index (χ1v) is 11.9. The summed E-state index contributed by atoms with van der Waals surface area (Å²) in [6.07, 6.45) is 0.870. The Kier molecular flexibility index (Phi) is 9.87. The van der Waals surface area contributed by atoms with Crippen LogP contribution in [0.1, 0.15) is 13.3 Å². The Morgan fingerprint density at radius 2 is 1.75 bits per heavy atom. The summed E-state index contributed by atoms with van der Waals surface area (Å²) in [6, 6.07) is 16.7. The van der Waals surface area contributed by atoms with Crippen molar-refractivity contribution in [2.24, 2.45) is 0 Å². The van der Waals surface area contributed by atoms with Crippen LogP contribution in [0.3, 0.4) is 0 Å². The molecule has 0 radical (unpaired) electrons. The predicted octanol–water partition coefficient (Wildman–Crippen LogP) is 2.91. The fourth-order valence-electron chi connectivity index (χ4n) is 3.30. The highest BCUT2D eigenvalue weighted by Gasteiger charge is 2.19. The Hall–Kier alpha value is -2.55. The molecule has 1 aliphatic rings. The van der Waals surface area contributed by atoms with Crippen molar-refractivity contribution in [3.63, 3.8) is 0 Å². The second kappa shape index (κ2) is 13.1. The zero-order valence-corrected chi connectivity index (χ0v) is 19.2. The molecule has 0 bridgehead atoms. The van der Waals surface area contributed by atoms with Gasteiger partial charge >= 0.3 is 0 Å².